The van der Waals surface area contributed by atoms with Gasteiger partial charge in [0.1, 0.15) is 22.5 Å². The zero-order valence-electron chi connectivity index (χ0n) is 22.5. The van der Waals surface area contributed by atoms with Crippen LogP contribution in [0.1, 0.15) is 61.6 Å². The molecule has 0 aliphatic rings. The monoisotopic (exact) mass is 566 g/mol. The number of pyridine rings is 2. The fourth-order valence-corrected chi connectivity index (χ4v) is 5.19. The van der Waals surface area contributed by atoms with Crippen molar-refractivity contribution in [3.05, 3.63) is 79.3 Å². The van der Waals surface area contributed by atoms with Gasteiger partial charge in [-0.1, -0.05) is 13.8 Å². The molecule has 206 valence electrons. The van der Waals surface area contributed by atoms with E-state index in [1.807, 2.05) is 13.8 Å². The maximum absolute atomic E-state index is 15.6. The number of esters is 1. The van der Waals surface area contributed by atoms with Gasteiger partial charge in [0.2, 0.25) is 5.01 Å². The van der Waals surface area contributed by atoms with Crippen molar-refractivity contribution in [1.29, 1.82) is 0 Å². The van der Waals surface area contributed by atoms with Gasteiger partial charge in [0.05, 0.1) is 21.6 Å². The van der Waals surface area contributed by atoms with Crippen LogP contribution in [0.3, 0.4) is 0 Å². The van der Waals surface area contributed by atoms with E-state index in [-0.39, 0.29) is 43.4 Å². The Hall–Kier alpha value is -4.32. The summed E-state index contributed by atoms with van der Waals surface area (Å²) in [5.41, 5.74) is -0.772. The van der Waals surface area contributed by atoms with E-state index in [1.165, 1.54) is 6.07 Å². The topological polar surface area (TPSA) is 117 Å². The number of thiazole rings is 1. The number of aryl methyl sites for hydroxylation is 1. The second-order valence-corrected chi connectivity index (χ2v) is 11.5. The summed E-state index contributed by atoms with van der Waals surface area (Å²) in [4.78, 5) is 51.4. The Balaban J connectivity index is 1.82. The lowest BCUT2D eigenvalue weighted by Crippen LogP contribution is -2.27. The quantitative estimate of drug-likeness (QED) is 0.255. The Labute approximate surface area is 230 Å². The predicted molar refractivity (Wildman–Crippen MR) is 146 cm³/mol. The van der Waals surface area contributed by atoms with Gasteiger partial charge in [0.15, 0.2) is 11.5 Å². The summed E-state index contributed by atoms with van der Waals surface area (Å²) in [6.07, 6.45) is 1.60. The first-order chi connectivity index (χ1) is 18.8. The lowest BCUT2D eigenvalue weighted by atomic mass is 10.0. The van der Waals surface area contributed by atoms with Crippen LogP contribution >= 0.6 is 11.3 Å². The number of benzene rings is 1. The summed E-state index contributed by atoms with van der Waals surface area (Å²) in [7, 11) is 0. The van der Waals surface area contributed by atoms with Crippen molar-refractivity contribution in [3.8, 4) is 16.9 Å². The van der Waals surface area contributed by atoms with Crippen LogP contribution in [-0.4, -0.2) is 31.1 Å². The second kappa shape index (κ2) is 9.70. The molecule has 4 aromatic heterocycles. The standard InChI is InChI=1S/C28H24F2N4O5S/c1-12(2)18-21(13(3)9-10-31-18)34-23-15(25(35)38-27(34)37)11-17(30)19(32-23)14-7-8-16(29)22-20(14)33-24(40-22)26(36)39-28(4,5)6/h7-12H,1-6H3. The third kappa shape index (κ3) is 4.68. The van der Waals surface area contributed by atoms with Crippen molar-refractivity contribution < 1.29 is 22.7 Å². The fraction of sp³-hybridized carbons (Fsp3) is 0.286. The van der Waals surface area contributed by atoms with E-state index in [2.05, 4.69) is 15.0 Å². The minimum Gasteiger partial charge on any atom is -0.455 e. The number of carbonyl (C=O) groups excluding carboxylic acids is 1. The average Bonchev–Trinajstić information content (AvgIpc) is 3.31. The number of ether oxygens (including phenoxy) is 1. The number of hydrogen-bond acceptors (Lipinski definition) is 9. The molecule has 5 rings (SSSR count). The second-order valence-electron chi connectivity index (χ2n) is 10.5. The molecule has 0 unspecified atom stereocenters. The number of aromatic nitrogens is 4. The molecule has 0 bridgehead atoms. The molecule has 0 fully saturated rings. The van der Waals surface area contributed by atoms with Gasteiger partial charge in [-0.15, -0.1) is 11.3 Å². The summed E-state index contributed by atoms with van der Waals surface area (Å²) >= 11 is 0.764. The third-order valence-electron chi connectivity index (χ3n) is 6.00. The maximum atomic E-state index is 15.6. The van der Waals surface area contributed by atoms with Gasteiger partial charge < -0.3 is 9.15 Å². The third-order valence-corrected chi connectivity index (χ3v) is 7.04. The Morgan fingerprint density at radius 3 is 2.50 bits per heavy atom. The Morgan fingerprint density at radius 2 is 1.82 bits per heavy atom. The van der Waals surface area contributed by atoms with Crippen LogP contribution in [0.2, 0.25) is 0 Å². The van der Waals surface area contributed by atoms with Crippen LogP contribution in [0.15, 0.2) is 44.5 Å². The minimum absolute atomic E-state index is 0.00480. The summed E-state index contributed by atoms with van der Waals surface area (Å²) in [6, 6.07) is 4.98. The van der Waals surface area contributed by atoms with Crippen LogP contribution in [0.4, 0.5) is 8.78 Å². The lowest BCUT2D eigenvalue weighted by Gasteiger charge is -2.18. The molecule has 1 aromatic carbocycles. The fourth-order valence-electron chi connectivity index (χ4n) is 4.31. The first-order valence-electron chi connectivity index (χ1n) is 12.3. The zero-order chi connectivity index (χ0) is 29.1. The van der Waals surface area contributed by atoms with Gasteiger partial charge in [-0.2, -0.15) is 0 Å². The van der Waals surface area contributed by atoms with Crippen molar-refractivity contribution in [2.75, 3.05) is 0 Å². The highest BCUT2D eigenvalue weighted by molar-refractivity contribution is 7.20. The zero-order valence-corrected chi connectivity index (χ0v) is 23.3. The summed E-state index contributed by atoms with van der Waals surface area (Å²) < 4.78 is 41.7. The van der Waals surface area contributed by atoms with E-state index in [0.29, 0.717) is 16.9 Å². The molecule has 9 nitrogen and oxygen atoms in total. The molecule has 0 amide bonds. The number of hydrogen-bond donors (Lipinski definition) is 0. The highest BCUT2D eigenvalue weighted by Gasteiger charge is 2.26. The molecule has 0 spiro atoms. The molecule has 0 saturated heterocycles. The van der Waals surface area contributed by atoms with Gasteiger partial charge in [0, 0.05) is 11.8 Å². The predicted octanol–water partition coefficient (Wildman–Crippen LogP) is 5.68. The van der Waals surface area contributed by atoms with Crippen LogP contribution in [0.25, 0.3) is 38.2 Å². The smallest absolute Gasteiger partial charge is 0.428 e. The van der Waals surface area contributed by atoms with E-state index >= 15 is 4.39 Å². The van der Waals surface area contributed by atoms with Crippen molar-refractivity contribution in [2.24, 2.45) is 0 Å². The van der Waals surface area contributed by atoms with Crippen molar-refractivity contribution in [3.63, 3.8) is 0 Å². The van der Waals surface area contributed by atoms with Gasteiger partial charge >= 0.3 is 17.4 Å². The van der Waals surface area contributed by atoms with Gasteiger partial charge in [-0.05, 0) is 63.4 Å². The normalized spacial score (nSPS) is 12.0. The Kier molecular flexibility index (Phi) is 6.61. The molecule has 5 aromatic rings. The highest BCUT2D eigenvalue weighted by atomic mass is 32.1. The van der Waals surface area contributed by atoms with Crippen LogP contribution in [0.5, 0.6) is 0 Å². The summed E-state index contributed by atoms with van der Waals surface area (Å²) in [6.45, 7) is 10.6. The van der Waals surface area contributed by atoms with Crippen LogP contribution < -0.4 is 11.4 Å². The van der Waals surface area contributed by atoms with Crippen molar-refractivity contribution >= 4 is 38.6 Å². The molecule has 40 heavy (non-hydrogen) atoms. The van der Waals surface area contributed by atoms with Gasteiger partial charge in [0.25, 0.3) is 0 Å². The first kappa shape index (κ1) is 27.3. The SMILES string of the molecule is Cc1ccnc(C(C)C)c1-n1c(=O)oc(=O)c2cc(F)c(-c3ccc(F)c4sc(C(=O)OC(C)(C)C)nc34)nc21. The Morgan fingerprint density at radius 1 is 1.10 bits per heavy atom. The van der Waals surface area contributed by atoms with E-state index < -0.39 is 34.6 Å². The van der Waals surface area contributed by atoms with Crippen LogP contribution in [0, 0.1) is 18.6 Å². The van der Waals surface area contributed by atoms with Gasteiger partial charge in [-0.25, -0.2) is 37.7 Å². The van der Waals surface area contributed by atoms with Crippen molar-refractivity contribution in [2.45, 2.75) is 53.1 Å². The number of halogens is 2. The van der Waals surface area contributed by atoms with E-state index in [9.17, 15) is 18.8 Å². The molecular weight excluding hydrogens is 542 g/mol. The molecule has 0 N–H and O–H groups in total. The largest absolute Gasteiger partial charge is 0.455 e. The number of nitrogens with zero attached hydrogens (tertiary/aromatic N) is 4. The average molecular weight is 567 g/mol. The number of fused-ring (bicyclic) bond motifs is 2. The van der Waals surface area contributed by atoms with Crippen LogP contribution in [-0.2, 0) is 4.74 Å². The van der Waals surface area contributed by atoms with E-state index in [4.69, 9.17) is 9.15 Å². The van der Waals surface area contributed by atoms with Crippen molar-refractivity contribution in [1.82, 2.24) is 19.5 Å². The molecule has 0 aliphatic heterocycles. The Bertz CT molecular complexity index is 1950. The highest BCUT2D eigenvalue weighted by Crippen LogP contribution is 2.35. The van der Waals surface area contributed by atoms with Gasteiger partial charge in [-0.3, -0.25) is 4.98 Å². The lowest BCUT2D eigenvalue weighted by molar-refractivity contribution is 0.00694. The molecular formula is C28H24F2N4O5S. The molecule has 12 heteroatoms. The van der Waals surface area contributed by atoms with E-state index in [0.717, 1.165) is 28.0 Å². The summed E-state index contributed by atoms with van der Waals surface area (Å²) in [5.74, 6) is -3.51. The molecule has 0 saturated carbocycles. The minimum atomic E-state index is -1.06. The number of rotatable bonds is 4. The van der Waals surface area contributed by atoms with E-state index in [1.54, 1.807) is 40.0 Å². The molecule has 0 aliphatic carbocycles. The molecule has 0 radical (unpaired) electrons. The number of carbonyl (C=O) groups is 1. The molecule has 0 atom stereocenters. The maximum Gasteiger partial charge on any atom is 0.428 e. The first-order valence-corrected chi connectivity index (χ1v) is 13.1. The summed E-state index contributed by atoms with van der Waals surface area (Å²) in [5, 5.41) is -0.396. The molecule has 4 heterocycles.